The fourth-order valence-corrected chi connectivity index (χ4v) is 6.68. The molecule has 3 aromatic rings. The first-order chi connectivity index (χ1) is 22.6. The summed E-state index contributed by atoms with van der Waals surface area (Å²) in [6.07, 6.45) is 1.38. The van der Waals surface area contributed by atoms with Crippen molar-refractivity contribution in [3.63, 3.8) is 0 Å². The lowest BCUT2D eigenvalue weighted by atomic mass is 9.98. The lowest BCUT2D eigenvalue weighted by Crippen LogP contribution is -2.53. The quantitative estimate of drug-likeness (QED) is 0.310. The number of carbonyl (C=O) groups is 2. The number of rotatable bonds is 9. The van der Waals surface area contributed by atoms with Crippen molar-refractivity contribution in [2.24, 2.45) is 5.92 Å². The molecule has 0 bridgehead atoms. The van der Waals surface area contributed by atoms with E-state index in [1.54, 1.807) is 17.0 Å². The number of likely N-dealkylation sites (tertiary alicyclic amines) is 2. The Morgan fingerprint density at radius 2 is 1.85 bits per heavy atom. The Morgan fingerprint density at radius 3 is 2.49 bits per heavy atom. The molecule has 2 unspecified atom stereocenters. The van der Waals surface area contributed by atoms with Crippen LogP contribution in [0.1, 0.15) is 74.0 Å². The number of ether oxygens (including phenoxy) is 2. The van der Waals surface area contributed by atoms with E-state index >= 15 is 4.39 Å². The standard InChI is InChI=1S/C36H43F2N5O4/c1-22(2)31-8-9-32(41-40-31)24-4-6-27(7-5-24)47-34-18-28(29(37)17-25(34)20-43-19-23(3)16-35(43)44)36(45)39-26-10-13-42(14-11-26)33-12-15-46-21-30(33)38/h4-9,17-18,22-23,26,30,33H,10-16,19-21H2,1-3H3,(H,39,45)/t23-,30?,33?/m0/s1. The van der Waals surface area contributed by atoms with Crippen LogP contribution in [0.4, 0.5) is 8.78 Å². The van der Waals surface area contributed by atoms with Gasteiger partial charge in [0, 0.05) is 62.4 Å². The molecule has 3 aliphatic heterocycles. The van der Waals surface area contributed by atoms with Crippen LogP contribution in [-0.4, -0.2) is 82.9 Å². The predicted octanol–water partition coefficient (Wildman–Crippen LogP) is 5.89. The van der Waals surface area contributed by atoms with E-state index in [9.17, 15) is 14.0 Å². The fourth-order valence-electron chi connectivity index (χ4n) is 6.68. The molecule has 1 aromatic heterocycles. The van der Waals surface area contributed by atoms with Gasteiger partial charge in [0.2, 0.25) is 5.91 Å². The Balaban J connectivity index is 1.18. The maximum atomic E-state index is 15.6. The number of piperidine rings is 1. The van der Waals surface area contributed by atoms with Crippen molar-refractivity contribution in [3.8, 4) is 22.8 Å². The molecule has 2 amide bonds. The number of hydrogen-bond acceptors (Lipinski definition) is 7. The first-order valence-electron chi connectivity index (χ1n) is 16.6. The number of nitrogens with zero attached hydrogens (tertiary/aromatic N) is 4. The smallest absolute Gasteiger partial charge is 0.254 e. The van der Waals surface area contributed by atoms with Crippen molar-refractivity contribution in [1.82, 2.24) is 25.3 Å². The minimum absolute atomic E-state index is 0.00537. The second-order valence-electron chi connectivity index (χ2n) is 13.4. The summed E-state index contributed by atoms with van der Waals surface area (Å²) in [5.74, 6) is 0.0867. The van der Waals surface area contributed by atoms with Crippen molar-refractivity contribution in [3.05, 3.63) is 71.2 Å². The van der Waals surface area contributed by atoms with Crippen LogP contribution in [0, 0.1) is 11.7 Å². The lowest BCUT2D eigenvalue weighted by Gasteiger charge is -2.40. The summed E-state index contributed by atoms with van der Waals surface area (Å²) in [7, 11) is 0. The molecule has 4 heterocycles. The SMILES string of the molecule is CC(C)c1ccc(-c2ccc(Oc3cc(C(=O)NC4CCN(C5CCOCC5F)CC4)c(F)cc3CN3C[C@@H](C)CC3=O)cc2)nn1. The van der Waals surface area contributed by atoms with Crippen LogP contribution < -0.4 is 10.1 Å². The normalized spacial score (nSPS) is 22.6. The van der Waals surface area contributed by atoms with Gasteiger partial charge in [0.25, 0.3) is 5.91 Å². The molecule has 0 spiro atoms. The molecule has 3 saturated heterocycles. The highest BCUT2D eigenvalue weighted by Crippen LogP contribution is 2.33. The average molecular weight is 648 g/mol. The Hall–Kier alpha value is -3.96. The number of hydrogen-bond donors (Lipinski definition) is 1. The number of benzene rings is 2. The second-order valence-corrected chi connectivity index (χ2v) is 13.4. The molecule has 1 N–H and O–H groups in total. The van der Waals surface area contributed by atoms with Crippen LogP contribution >= 0.6 is 0 Å². The van der Waals surface area contributed by atoms with Gasteiger partial charge in [-0.2, -0.15) is 10.2 Å². The summed E-state index contributed by atoms with van der Waals surface area (Å²) >= 11 is 0. The van der Waals surface area contributed by atoms with Gasteiger partial charge in [-0.15, -0.1) is 0 Å². The van der Waals surface area contributed by atoms with E-state index in [0.717, 1.165) is 17.0 Å². The first kappa shape index (κ1) is 33.0. The highest BCUT2D eigenvalue weighted by atomic mass is 19.1. The number of carbonyl (C=O) groups excluding carboxylic acids is 2. The zero-order valence-electron chi connectivity index (χ0n) is 27.3. The van der Waals surface area contributed by atoms with Crippen molar-refractivity contribution >= 4 is 11.8 Å². The molecule has 47 heavy (non-hydrogen) atoms. The molecule has 3 atom stereocenters. The number of alkyl halides is 1. The molecule has 3 aliphatic rings. The molecule has 9 nitrogen and oxygen atoms in total. The van der Waals surface area contributed by atoms with Crippen molar-refractivity contribution in [2.45, 2.75) is 77.2 Å². The topological polar surface area (TPSA) is 96.9 Å². The molecule has 6 rings (SSSR count). The van der Waals surface area contributed by atoms with Gasteiger partial charge >= 0.3 is 0 Å². The Bertz CT molecular complexity index is 1560. The van der Waals surface area contributed by atoms with E-state index in [-0.39, 0.29) is 48.5 Å². The number of aromatic nitrogens is 2. The molecule has 0 saturated carbocycles. The van der Waals surface area contributed by atoms with E-state index in [2.05, 4.69) is 34.3 Å². The molecule has 3 fully saturated rings. The van der Waals surface area contributed by atoms with Crippen LogP contribution in [0.5, 0.6) is 11.5 Å². The second kappa shape index (κ2) is 14.4. The summed E-state index contributed by atoms with van der Waals surface area (Å²) in [4.78, 5) is 29.8. The Labute approximate surface area is 274 Å². The average Bonchev–Trinajstić information content (AvgIpc) is 3.38. The van der Waals surface area contributed by atoms with E-state index in [0.29, 0.717) is 69.0 Å². The van der Waals surface area contributed by atoms with Crippen LogP contribution in [0.3, 0.4) is 0 Å². The monoisotopic (exact) mass is 647 g/mol. The number of amides is 2. The Morgan fingerprint density at radius 1 is 1.09 bits per heavy atom. The summed E-state index contributed by atoms with van der Waals surface area (Å²) < 4.78 is 41.5. The number of nitrogens with one attached hydrogen (secondary N) is 1. The predicted molar refractivity (Wildman–Crippen MR) is 173 cm³/mol. The van der Waals surface area contributed by atoms with E-state index in [4.69, 9.17) is 9.47 Å². The minimum Gasteiger partial charge on any atom is -0.457 e. The summed E-state index contributed by atoms with van der Waals surface area (Å²) in [6, 6.07) is 13.6. The maximum absolute atomic E-state index is 15.6. The van der Waals surface area contributed by atoms with Crippen molar-refractivity contribution in [2.75, 3.05) is 32.8 Å². The van der Waals surface area contributed by atoms with Crippen molar-refractivity contribution in [1.29, 1.82) is 0 Å². The van der Waals surface area contributed by atoms with Gasteiger partial charge in [-0.1, -0.05) is 20.8 Å². The van der Waals surface area contributed by atoms with Crippen LogP contribution in [-0.2, 0) is 16.1 Å². The first-order valence-corrected chi connectivity index (χ1v) is 16.6. The van der Waals surface area contributed by atoms with Gasteiger partial charge in [0.05, 0.1) is 23.6 Å². The van der Waals surface area contributed by atoms with Crippen molar-refractivity contribution < 1.29 is 27.8 Å². The van der Waals surface area contributed by atoms with Crippen LogP contribution in [0.25, 0.3) is 11.3 Å². The van der Waals surface area contributed by atoms with E-state index < -0.39 is 17.9 Å². The summed E-state index contributed by atoms with van der Waals surface area (Å²) in [5.41, 5.74) is 2.86. The molecular formula is C36H43F2N5O4. The zero-order valence-corrected chi connectivity index (χ0v) is 27.3. The molecule has 0 aliphatic carbocycles. The van der Waals surface area contributed by atoms with E-state index in [1.807, 2.05) is 31.2 Å². The summed E-state index contributed by atoms with van der Waals surface area (Å²) in [5, 5.41) is 11.6. The molecule has 11 heteroatoms. The largest absolute Gasteiger partial charge is 0.457 e. The third kappa shape index (κ3) is 7.79. The highest BCUT2D eigenvalue weighted by molar-refractivity contribution is 5.95. The van der Waals surface area contributed by atoms with Gasteiger partial charge in [-0.05, 0) is 79.6 Å². The molecule has 250 valence electrons. The maximum Gasteiger partial charge on any atom is 0.254 e. The molecule has 0 radical (unpaired) electrons. The Kier molecular flexibility index (Phi) is 10.1. The highest BCUT2D eigenvalue weighted by Gasteiger charge is 2.34. The minimum atomic E-state index is -1.01. The van der Waals surface area contributed by atoms with Crippen LogP contribution in [0.15, 0.2) is 48.5 Å². The van der Waals surface area contributed by atoms with Gasteiger partial charge in [-0.25, -0.2) is 8.78 Å². The van der Waals surface area contributed by atoms with Gasteiger partial charge in [0.1, 0.15) is 23.5 Å². The van der Waals surface area contributed by atoms with Gasteiger partial charge in [-0.3, -0.25) is 14.5 Å². The third-order valence-electron chi connectivity index (χ3n) is 9.40. The number of halogens is 2. The van der Waals surface area contributed by atoms with E-state index in [1.165, 1.54) is 12.1 Å². The lowest BCUT2D eigenvalue weighted by molar-refractivity contribution is -0.128. The zero-order chi connectivity index (χ0) is 33.1. The van der Waals surface area contributed by atoms with Gasteiger partial charge in [0.15, 0.2) is 0 Å². The van der Waals surface area contributed by atoms with Crippen LogP contribution in [0.2, 0.25) is 0 Å². The molecular weight excluding hydrogens is 604 g/mol. The van der Waals surface area contributed by atoms with Gasteiger partial charge < -0.3 is 19.7 Å². The molecule has 2 aromatic carbocycles. The third-order valence-corrected chi connectivity index (χ3v) is 9.40. The summed E-state index contributed by atoms with van der Waals surface area (Å²) in [6.45, 7) is 8.86. The fraction of sp³-hybridized carbons (Fsp3) is 0.500.